The van der Waals surface area contributed by atoms with Crippen molar-refractivity contribution in [1.29, 1.82) is 0 Å². The van der Waals surface area contributed by atoms with Crippen molar-refractivity contribution in [2.75, 3.05) is 26.2 Å². The molecule has 1 aromatic rings. The van der Waals surface area contributed by atoms with Gasteiger partial charge in [-0.05, 0) is 31.9 Å². The lowest BCUT2D eigenvalue weighted by Crippen LogP contribution is -2.38. The van der Waals surface area contributed by atoms with Crippen LogP contribution in [0.15, 0.2) is 18.2 Å². The van der Waals surface area contributed by atoms with E-state index in [1.165, 1.54) is 0 Å². The number of ketones is 1. The van der Waals surface area contributed by atoms with Crippen LogP contribution in [0.25, 0.3) is 0 Å². The molecule has 116 valence electrons. The van der Waals surface area contributed by atoms with Gasteiger partial charge in [0.15, 0.2) is 5.78 Å². The van der Waals surface area contributed by atoms with Gasteiger partial charge in [-0.1, -0.05) is 29.3 Å². The lowest BCUT2D eigenvalue weighted by Gasteiger charge is -2.31. The fourth-order valence-electron chi connectivity index (χ4n) is 2.65. The van der Waals surface area contributed by atoms with Crippen molar-refractivity contribution < 1.29 is 9.53 Å². The molecule has 1 fully saturated rings. The Morgan fingerprint density at radius 2 is 2.05 bits per heavy atom. The van der Waals surface area contributed by atoms with Gasteiger partial charge >= 0.3 is 0 Å². The summed E-state index contributed by atoms with van der Waals surface area (Å²) in [5.74, 6) is 0.0504. The zero-order valence-corrected chi connectivity index (χ0v) is 13.8. The Bertz CT molecular complexity index is 485. The van der Waals surface area contributed by atoms with Crippen molar-refractivity contribution in [3.63, 3.8) is 0 Å². The first kappa shape index (κ1) is 16.8. The van der Waals surface area contributed by atoms with Crippen molar-refractivity contribution in [3.05, 3.63) is 33.8 Å². The largest absolute Gasteiger partial charge is 0.378 e. The Hall–Kier alpha value is -0.610. The summed E-state index contributed by atoms with van der Waals surface area (Å²) in [6, 6.07) is 5.19. The molecule has 1 aliphatic heterocycles. The normalized spacial score (nSPS) is 17.1. The van der Waals surface area contributed by atoms with E-state index in [0.29, 0.717) is 28.1 Å². The smallest absolute Gasteiger partial charge is 0.165 e. The van der Waals surface area contributed by atoms with Crippen LogP contribution in [0.5, 0.6) is 0 Å². The maximum Gasteiger partial charge on any atom is 0.165 e. The molecule has 0 unspecified atom stereocenters. The number of hydrogen-bond donors (Lipinski definition) is 0. The van der Waals surface area contributed by atoms with Gasteiger partial charge in [0.05, 0.1) is 16.1 Å². The van der Waals surface area contributed by atoms with Crippen LogP contribution in [0.1, 0.15) is 36.5 Å². The monoisotopic (exact) mass is 329 g/mol. The number of halogens is 2. The minimum atomic E-state index is 0.0504. The van der Waals surface area contributed by atoms with Gasteiger partial charge in [0.1, 0.15) is 0 Å². The summed E-state index contributed by atoms with van der Waals surface area (Å²) in [5, 5.41) is 0.791. The molecule has 0 bridgehead atoms. The second-order valence-corrected chi connectivity index (χ2v) is 6.06. The van der Waals surface area contributed by atoms with Crippen LogP contribution in [-0.2, 0) is 4.74 Å². The molecule has 5 heteroatoms. The van der Waals surface area contributed by atoms with E-state index >= 15 is 0 Å². The van der Waals surface area contributed by atoms with Crippen molar-refractivity contribution >= 4 is 29.0 Å². The Morgan fingerprint density at radius 3 is 2.71 bits per heavy atom. The molecule has 1 saturated heterocycles. The minimum absolute atomic E-state index is 0.0504. The fourth-order valence-corrected chi connectivity index (χ4v) is 3.05. The van der Waals surface area contributed by atoms with Crippen molar-refractivity contribution in [1.82, 2.24) is 4.90 Å². The van der Waals surface area contributed by atoms with E-state index < -0.39 is 0 Å². The maximum atomic E-state index is 12.2. The molecule has 3 nitrogen and oxygen atoms in total. The number of ether oxygens (including phenoxy) is 1. The highest BCUT2D eigenvalue weighted by Gasteiger charge is 2.20. The van der Waals surface area contributed by atoms with Gasteiger partial charge in [0.25, 0.3) is 0 Å². The van der Waals surface area contributed by atoms with Gasteiger partial charge in [-0.3, -0.25) is 4.79 Å². The summed E-state index contributed by atoms with van der Waals surface area (Å²) in [7, 11) is 0. The lowest BCUT2D eigenvalue weighted by molar-refractivity contribution is 0.0143. The molecule has 0 amide bonds. The highest BCUT2D eigenvalue weighted by atomic mass is 35.5. The first-order chi connectivity index (χ1) is 10.1. The fraction of sp³-hybridized carbons (Fsp3) is 0.562. The number of Topliss-reactive ketones (excluding diaryl/α,β-unsaturated/α-hetero) is 1. The summed E-state index contributed by atoms with van der Waals surface area (Å²) in [4.78, 5) is 14.5. The number of nitrogens with zero attached hydrogens (tertiary/aromatic N) is 1. The molecule has 0 radical (unpaired) electrons. The third-order valence-corrected chi connectivity index (χ3v) is 4.66. The Morgan fingerprint density at radius 1 is 1.33 bits per heavy atom. The Labute approximate surface area is 136 Å². The van der Waals surface area contributed by atoms with Crippen molar-refractivity contribution in [3.8, 4) is 0 Å². The number of likely N-dealkylation sites (tertiary alicyclic amines) is 1. The average molecular weight is 330 g/mol. The van der Waals surface area contributed by atoms with Crippen LogP contribution in [0.2, 0.25) is 10.0 Å². The highest BCUT2D eigenvalue weighted by Crippen LogP contribution is 2.26. The molecule has 0 spiro atoms. The van der Waals surface area contributed by atoms with Gasteiger partial charge < -0.3 is 9.64 Å². The van der Waals surface area contributed by atoms with E-state index in [1.54, 1.807) is 18.2 Å². The summed E-state index contributed by atoms with van der Waals surface area (Å²) < 4.78 is 5.63. The van der Waals surface area contributed by atoms with E-state index in [9.17, 15) is 4.79 Å². The second-order valence-electron chi connectivity index (χ2n) is 5.27. The molecular formula is C16H21Cl2NO2. The Kier molecular flexibility index (Phi) is 6.49. The molecule has 1 aliphatic rings. The number of benzene rings is 1. The van der Waals surface area contributed by atoms with Crippen LogP contribution in [0.4, 0.5) is 0 Å². The summed E-state index contributed by atoms with van der Waals surface area (Å²) in [5.41, 5.74) is 0.522. The van der Waals surface area contributed by atoms with Crippen LogP contribution >= 0.6 is 23.2 Å². The number of piperidine rings is 1. The van der Waals surface area contributed by atoms with Crippen LogP contribution < -0.4 is 0 Å². The zero-order valence-electron chi connectivity index (χ0n) is 12.3. The van der Waals surface area contributed by atoms with Gasteiger partial charge in [-0.25, -0.2) is 0 Å². The zero-order chi connectivity index (χ0) is 15.2. The van der Waals surface area contributed by atoms with Crippen LogP contribution in [0.3, 0.4) is 0 Å². The number of rotatable bonds is 6. The highest BCUT2D eigenvalue weighted by molar-refractivity contribution is 6.43. The quantitative estimate of drug-likeness (QED) is 0.737. The number of carbonyl (C=O) groups is 1. The van der Waals surface area contributed by atoms with E-state index in [0.717, 1.165) is 39.1 Å². The van der Waals surface area contributed by atoms with Crippen LogP contribution in [0, 0.1) is 0 Å². The molecule has 0 atom stereocenters. The summed E-state index contributed by atoms with van der Waals surface area (Å²) >= 11 is 12.0. The first-order valence-corrected chi connectivity index (χ1v) is 8.18. The predicted molar refractivity (Wildman–Crippen MR) is 86.5 cm³/mol. The van der Waals surface area contributed by atoms with E-state index in [4.69, 9.17) is 27.9 Å². The lowest BCUT2D eigenvalue weighted by atomic mass is 10.1. The second kappa shape index (κ2) is 8.14. The van der Waals surface area contributed by atoms with E-state index in [2.05, 4.69) is 4.90 Å². The molecule has 0 N–H and O–H groups in total. The topological polar surface area (TPSA) is 29.5 Å². The third kappa shape index (κ3) is 4.68. The standard InChI is InChI=1S/C16H21Cl2NO2/c1-2-21-12-6-9-19(10-7-12)11-8-15(20)13-4-3-5-14(17)16(13)18/h3-5,12H,2,6-11H2,1H3. The molecule has 0 saturated carbocycles. The van der Waals surface area contributed by atoms with Gasteiger partial charge in [0.2, 0.25) is 0 Å². The van der Waals surface area contributed by atoms with Gasteiger partial charge in [-0.15, -0.1) is 0 Å². The molecule has 1 aromatic carbocycles. The molecular weight excluding hydrogens is 309 g/mol. The van der Waals surface area contributed by atoms with Gasteiger partial charge in [0, 0.05) is 38.2 Å². The minimum Gasteiger partial charge on any atom is -0.378 e. The van der Waals surface area contributed by atoms with Gasteiger partial charge in [-0.2, -0.15) is 0 Å². The number of carbonyl (C=O) groups excluding carboxylic acids is 1. The van der Waals surface area contributed by atoms with Crippen molar-refractivity contribution in [2.45, 2.75) is 32.3 Å². The first-order valence-electron chi connectivity index (χ1n) is 7.43. The third-order valence-electron chi connectivity index (χ3n) is 3.84. The Balaban J connectivity index is 1.81. The molecule has 0 aliphatic carbocycles. The molecule has 2 rings (SSSR count). The van der Waals surface area contributed by atoms with E-state index in [-0.39, 0.29) is 5.78 Å². The average Bonchev–Trinajstić information content (AvgIpc) is 2.49. The summed E-state index contributed by atoms with van der Waals surface area (Å²) in [6.45, 7) is 5.54. The predicted octanol–water partition coefficient (Wildman–Crippen LogP) is 4.07. The molecule has 21 heavy (non-hydrogen) atoms. The summed E-state index contributed by atoms with van der Waals surface area (Å²) in [6.07, 6.45) is 2.93. The molecule has 1 heterocycles. The SMILES string of the molecule is CCOC1CCN(CCC(=O)c2cccc(Cl)c2Cl)CC1. The molecule has 0 aromatic heterocycles. The maximum absolute atomic E-state index is 12.2. The van der Waals surface area contributed by atoms with Crippen molar-refractivity contribution in [2.24, 2.45) is 0 Å². The van der Waals surface area contributed by atoms with Crippen LogP contribution in [-0.4, -0.2) is 43.0 Å². The number of hydrogen-bond acceptors (Lipinski definition) is 3. The van der Waals surface area contributed by atoms with E-state index in [1.807, 2.05) is 6.92 Å².